The van der Waals surface area contributed by atoms with Crippen molar-refractivity contribution in [3.8, 4) is 0 Å². The van der Waals surface area contributed by atoms with Gasteiger partial charge in [0.15, 0.2) is 0 Å². The third-order valence-corrected chi connectivity index (χ3v) is 3.57. The third kappa shape index (κ3) is 6.36. The minimum atomic E-state index is 0.211. The summed E-state index contributed by atoms with van der Waals surface area (Å²) < 4.78 is 0. The van der Waals surface area contributed by atoms with E-state index in [2.05, 4.69) is 10.2 Å². The Kier molecular flexibility index (Phi) is 8.61. The highest BCUT2D eigenvalue weighted by molar-refractivity contribution is 4.75. The van der Waals surface area contributed by atoms with Crippen molar-refractivity contribution >= 4 is 0 Å². The highest BCUT2D eigenvalue weighted by atomic mass is 16.3. The second-order valence-electron chi connectivity index (χ2n) is 4.88. The highest BCUT2D eigenvalue weighted by Crippen LogP contribution is 2.22. The van der Waals surface area contributed by atoms with Crippen molar-refractivity contribution < 1.29 is 10.2 Å². The fraction of sp³-hybridized carbons (Fsp3) is 1.00. The topological polar surface area (TPSA) is 55.7 Å². The Labute approximate surface area is 105 Å². The standard InChI is InChI=1S/C13H28N2O2/c16-11-8-14-7-4-9-15(10-12-17)13-5-2-1-3-6-13/h13-14,16-17H,1-12H2. The molecule has 0 aromatic carbocycles. The lowest BCUT2D eigenvalue weighted by atomic mass is 9.94. The van der Waals surface area contributed by atoms with Crippen LogP contribution in [0.1, 0.15) is 38.5 Å². The second-order valence-corrected chi connectivity index (χ2v) is 4.88. The van der Waals surface area contributed by atoms with Gasteiger partial charge in [0.1, 0.15) is 0 Å². The van der Waals surface area contributed by atoms with E-state index in [0.717, 1.165) is 26.1 Å². The molecule has 0 saturated heterocycles. The van der Waals surface area contributed by atoms with Crippen molar-refractivity contribution in [1.29, 1.82) is 0 Å². The van der Waals surface area contributed by atoms with Gasteiger partial charge in [0, 0.05) is 19.1 Å². The molecule has 0 radical (unpaired) electrons. The number of hydrogen-bond donors (Lipinski definition) is 3. The molecule has 0 unspecified atom stereocenters. The summed E-state index contributed by atoms with van der Waals surface area (Å²) in [5, 5.41) is 21.0. The molecule has 0 aromatic heterocycles. The Morgan fingerprint density at radius 1 is 0.941 bits per heavy atom. The van der Waals surface area contributed by atoms with Gasteiger partial charge < -0.3 is 15.5 Å². The molecule has 0 aliphatic heterocycles. The fourth-order valence-electron chi connectivity index (χ4n) is 2.66. The van der Waals surface area contributed by atoms with E-state index in [0.29, 0.717) is 12.6 Å². The van der Waals surface area contributed by atoms with Gasteiger partial charge in [-0.1, -0.05) is 19.3 Å². The van der Waals surface area contributed by atoms with Crippen LogP contribution in [0.4, 0.5) is 0 Å². The highest BCUT2D eigenvalue weighted by Gasteiger charge is 2.19. The second kappa shape index (κ2) is 9.83. The van der Waals surface area contributed by atoms with Gasteiger partial charge >= 0.3 is 0 Å². The summed E-state index contributed by atoms with van der Waals surface area (Å²) in [6.07, 6.45) is 7.75. The van der Waals surface area contributed by atoms with Gasteiger partial charge in [-0.25, -0.2) is 0 Å². The summed E-state index contributed by atoms with van der Waals surface area (Å²) in [4.78, 5) is 2.44. The normalized spacial score (nSPS) is 17.8. The van der Waals surface area contributed by atoms with Gasteiger partial charge in [0.25, 0.3) is 0 Å². The molecule has 0 heterocycles. The fourth-order valence-corrected chi connectivity index (χ4v) is 2.66. The van der Waals surface area contributed by atoms with Crippen LogP contribution in [-0.4, -0.2) is 60.5 Å². The number of aliphatic hydroxyl groups is 2. The first-order valence-corrected chi connectivity index (χ1v) is 7.05. The lowest BCUT2D eigenvalue weighted by Crippen LogP contribution is -2.40. The molecule has 1 rings (SSSR count). The number of rotatable bonds is 9. The minimum Gasteiger partial charge on any atom is -0.395 e. The molecule has 0 bridgehead atoms. The lowest BCUT2D eigenvalue weighted by Gasteiger charge is -2.34. The van der Waals surface area contributed by atoms with E-state index in [1.54, 1.807) is 0 Å². The zero-order chi connectivity index (χ0) is 12.3. The average molecular weight is 244 g/mol. The molecule has 0 amide bonds. The molecule has 1 aliphatic rings. The molecule has 102 valence electrons. The molecular weight excluding hydrogens is 216 g/mol. The Balaban J connectivity index is 2.17. The minimum absolute atomic E-state index is 0.211. The average Bonchev–Trinajstić information content (AvgIpc) is 2.38. The molecule has 4 nitrogen and oxygen atoms in total. The molecule has 0 aromatic rings. The van der Waals surface area contributed by atoms with E-state index in [1.807, 2.05) is 0 Å². The summed E-state index contributed by atoms with van der Waals surface area (Å²) in [7, 11) is 0. The SMILES string of the molecule is OCCNCCCN(CCO)C1CCCCC1. The van der Waals surface area contributed by atoms with Crippen LogP contribution >= 0.6 is 0 Å². The maximum Gasteiger partial charge on any atom is 0.0558 e. The van der Waals surface area contributed by atoms with E-state index in [9.17, 15) is 0 Å². The van der Waals surface area contributed by atoms with Gasteiger partial charge in [0.2, 0.25) is 0 Å². The van der Waals surface area contributed by atoms with Gasteiger partial charge in [-0.15, -0.1) is 0 Å². The molecule has 1 saturated carbocycles. The smallest absolute Gasteiger partial charge is 0.0558 e. The van der Waals surface area contributed by atoms with Gasteiger partial charge in [-0.2, -0.15) is 0 Å². The van der Waals surface area contributed by atoms with Crippen molar-refractivity contribution in [3.63, 3.8) is 0 Å². The van der Waals surface area contributed by atoms with E-state index in [-0.39, 0.29) is 13.2 Å². The quantitative estimate of drug-likeness (QED) is 0.520. The molecule has 3 N–H and O–H groups in total. The summed E-state index contributed by atoms with van der Waals surface area (Å²) in [6, 6.07) is 0.689. The maximum absolute atomic E-state index is 9.12. The van der Waals surface area contributed by atoms with Gasteiger partial charge in [-0.3, -0.25) is 4.90 Å². The molecule has 4 heteroatoms. The summed E-state index contributed by atoms with van der Waals surface area (Å²) in [5.74, 6) is 0. The first-order valence-electron chi connectivity index (χ1n) is 7.05. The van der Waals surface area contributed by atoms with Crippen molar-refractivity contribution in [2.75, 3.05) is 39.4 Å². The molecule has 0 spiro atoms. The Hall–Kier alpha value is -0.160. The van der Waals surface area contributed by atoms with E-state index >= 15 is 0 Å². The van der Waals surface area contributed by atoms with Crippen molar-refractivity contribution in [2.24, 2.45) is 0 Å². The van der Waals surface area contributed by atoms with Gasteiger partial charge in [-0.05, 0) is 32.4 Å². The van der Waals surface area contributed by atoms with Crippen molar-refractivity contribution in [2.45, 2.75) is 44.6 Å². The Morgan fingerprint density at radius 2 is 1.71 bits per heavy atom. The summed E-state index contributed by atoms with van der Waals surface area (Å²) >= 11 is 0. The number of nitrogens with zero attached hydrogens (tertiary/aromatic N) is 1. The zero-order valence-electron chi connectivity index (χ0n) is 10.9. The maximum atomic E-state index is 9.12. The molecule has 1 fully saturated rings. The third-order valence-electron chi connectivity index (χ3n) is 3.57. The molecule has 1 aliphatic carbocycles. The van der Waals surface area contributed by atoms with Crippen molar-refractivity contribution in [3.05, 3.63) is 0 Å². The van der Waals surface area contributed by atoms with E-state index in [1.165, 1.54) is 32.1 Å². The first-order chi connectivity index (χ1) is 8.38. The predicted octanol–water partition coefficient (Wildman–Crippen LogP) is 0.585. The van der Waals surface area contributed by atoms with Gasteiger partial charge in [0.05, 0.1) is 13.2 Å². The largest absolute Gasteiger partial charge is 0.395 e. The van der Waals surface area contributed by atoms with Crippen LogP contribution in [0.5, 0.6) is 0 Å². The van der Waals surface area contributed by atoms with E-state index < -0.39 is 0 Å². The van der Waals surface area contributed by atoms with Crippen LogP contribution in [0.3, 0.4) is 0 Å². The number of hydrogen-bond acceptors (Lipinski definition) is 4. The molecular formula is C13H28N2O2. The number of nitrogens with one attached hydrogen (secondary N) is 1. The monoisotopic (exact) mass is 244 g/mol. The number of aliphatic hydroxyl groups excluding tert-OH is 2. The zero-order valence-corrected chi connectivity index (χ0v) is 10.9. The van der Waals surface area contributed by atoms with Crippen molar-refractivity contribution in [1.82, 2.24) is 10.2 Å². The summed E-state index contributed by atoms with van der Waals surface area (Å²) in [5.41, 5.74) is 0. The Bertz CT molecular complexity index is 173. The summed E-state index contributed by atoms with van der Waals surface area (Å²) in [6.45, 7) is 3.98. The van der Waals surface area contributed by atoms with Crippen LogP contribution in [0, 0.1) is 0 Å². The Morgan fingerprint density at radius 3 is 2.35 bits per heavy atom. The molecule has 17 heavy (non-hydrogen) atoms. The van der Waals surface area contributed by atoms with Crippen LogP contribution < -0.4 is 5.32 Å². The molecule has 0 atom stereocenters. The van der Waals surface area contributed by atoms with Crippen LogP contribution in [0.15, 0.2) is 0 Å². The van der Waals surface area contributed by atoms with Crippen LogP contribution in [0.25, 0.3) is 0 Å². The van der Waals surface area contributed by atoms with Crippen LogP contribution in [0.2, 0.25) is 0 Å². The first kappa shape index (κ1) is 14.9. The van der Waals surface area contributed by atoms with E-state index in [4.69, 9.17) is 10.2 Å². The van der Waals surface area contributed by atoms with Crippen LogP contribution in [-0.2, 0) is 0 Å². The predicted molar refractivity (Wildman–Crippen MR) is 70.1 cm³/mol. The lowest BCUT2D eigenvalue weighted by molar-refractivity contribution is 0.122.